The van der Waals surface area contributed by atoms with Gasteiger partial charge in [0.15, 0.2) is 6.29 Å². The summed E-state index contributed by atoms with van der Waals surface area (Å²) in [6, 6.07) is 0. The van der Waals surface area contributed by atoms with Crippen LogP contribution in [0, 0.1) is 0 Å². The number of aliphatic hydroxyl groups excluding tert-OH is 2. The van der Waals surface area contributed by atoms with Crippen molar-refractivity contribution in [2.45, 2.75) is 37.6 Å². The van der Waals surface area contributed by atoms with Crippen molar-refractivity contribution >= 4 is 0 Å². The van der Waals surface area contributed by atoms with Crippen molar-refractivity contribution in [2.24, 2.45) is 0 Å². The van der Waals surface area contributed by atoms with Gasteiger partial charge in [-0.2, -0.15) is 0 Å². The van der Waals surface area contributed by atoms with Gasteiger partial charge in [-0.25, -0.2) is 0 Å². The van der Waals surface area contributed by atoms with Crippen molar-refractivity contribution in [1.29, 1.82) is 0 Å². The molecule has 0 aromatic heterocycles. The van der Waals surface area contributed by atoms with Gasteiger partial charge in [0, 0.05) is 14.2 Å². The van der Waals surface area contributed by atoms with Gasteiger partial charge in [0.1, 0.15) is 18.3 Å². The molecule has 0 bridgehead atoms. The van der Waals surface area contributed by atoms with E-state index in [1.165, 1.54) is 14.2 Å². The maximum atomic E-state index is 9.62. The van der Waals surface area contributed by atoms with Gasteiger partial charge in [-0.1, -0.05) is 0 Å². The number of aliphatic hydroxyl groups is 2. The molecular weight excluding hydrogens is 176 g/mol. The SMILES string of the molecule is COC1C(O)[C@H](C)O[C@H](O)C1OC. The highest BCUT2D eigenvalue weighted by molar-refractivity contribution is 4.88. The molecule has 0 spiro atoms. The minimum atomic E-state index is -1.05. The van der Waals surface area contributed by atoms with Crippen molar-refractivity contribution < 1.29 is 24.4 Å². The van der Waals surface area contributed by atoms with E-state index in [-0.39, 0.29) is 0 Å². The van der Waals surface area contributed by atoms with Gasteiger partial charge < -0.3 is 24.4 Å². The summed E-state index contributed by atoms with van der Waals surface area (Å²) in [5.41, 5.74) is 0. The number of hydrogen-bond acceptors (Lipinski definition) is 5. The average Bonchev–Trinajstić information content (AvgIpc) is 2.10. The Balaban J connectivity index is 2.71. The number of rotatable bonds is 2. The summed E-state index contributed by atoms with van der Waals surface area (Å²) < 4.78 is 15.0. The van der Waals surface area contributed by atoms with E-state index in [1.807, 2.05) is 0 Å². The van der Waals surface area contributed by atoms with Crippen molar-refractivity contribution in [2.75, 3.05) is 14.2 Å². The molecule has 1 aliphatic rings. The molecule has 5 heteroatoms. The van der Waals surface area contributed by atoms with Crippen LogP contribution in [0.4, 0.5) is 0 Å². The monoisotopic (exact) mass is 192 g/mol. The molecule has 1 heterocycles. The van der Waals surface area contributed by atoms with Gasteiger partial charge in [0.05, 0.1) is 6.10 Å². The quantitative estimate of drug-likeness (QED) is 0.594. The third kappa shape index (κ3) is 2.00. The van der Waals surface area contributed by atoms with Gasteiger partial charge in [0.25, 0.3) is 0 Å². The fourth-order valence-electron chi connectivity index (χ4n) is 1.53. The van der Waals surface area contributed by atoms with Crippen LogP contribution in [0.15, 0.2) is 0 Å². The Labute approximate surface area is 77.2 Å². The van der Waals surface area contributed by atoms with Crippen LogP contribution < -0.4 is 0 Å². The second-order valence-corrected chi connectivity index (χ2v) is 3.12. The first-order valence-electron chi connectivity index (χ1n) is 4.19. The van der Waals surface area contributed by atoms with E-state index in [0.717, 1.165) is 0 Å². The summed E-state index contributed by atoms with van der Waals surface area (Å²) in [6.07, 6.45) is -3.47. The molecule has 0 saturated carbocycles. The van der Waals surface area contributed by atoms with E-state index in [2.05, 4.69) is 0 Å². The fourth-order valence-corrected chi connectivity index (χ4v) is 1.53. The molecule has 0 aliphatic carbocycles. The minimum absolute atomic E-state index is 0.452. The fraction of sp³-hybridized carbons (Fsp3) is 1.00. The average molecular weight is 192 g/mol. The molecule has 78 valence electrons. The van der Waals surface area contributed by atoms with E-state index in [4.69, 9.17) is 14.2 Å². The maximum absolute atomic E-state index is 9.62. The zero-order chi connectivity index (χ0) is 10.0. The van der Waals surface area contributed by atoms with E-state index >= 15 is 0 Å². The standard InChI is InChI=1S/C8H16O5/c1-4-5(9)6(11-2)7(12-3)8(10)13-4/h4-10H,1-3H3/t4-,5?,6?,7?,8-/m0/s1. The number of methoxy groups -OCH3 is 2. The Morgan fingerprint density at radius 3 is 2.08 bits per heavy atom. The first-order valence-corrected chi connectivity index (χ1v) is 4.19. The Kier molecular flexibility index (Phi) is 3.63. The lowest BCUT2D eigenvalue weighted by Crippen LogP contribution is -2.57. The summed E-state index contributed by atoms with van der Waals surface area (Å²) in [5.74, 6) is 0. The van der Waals surface area contributed by atoms with Gasteiger partial charge in [-0.3, -0.25) is 0 Å². The molecule has 2 N–H and O–H groups in total. The molecular formula is C8H16O5. The summed E-state index contributed by atoms with van der Waals surface area (Å²) in [7, 11) is 2.90. The van der Waals surface area contributed by atoms with Crippen LogP contribution in [-0.4, -0.2) is 55.1 Å². The topological polar surface area (TPSA) is 68.2 Å². The molecule has 1 saturated heterocycles. The van der Waals surface area contributed by atoms with Gasteiger partial charge in [0.2, 0.25) is 0 Å². The minimum Gasteiger partial charge on any atom is -0.388 e. The lowest BCUT2D eigenvalue weighted by Gasteiger charge is -2.40. The predicted molar refractivity (Wildman–Crippen MR) is 44.2 cm³/mol. The zero-order valence-corrected chi connectivity index (χ0v) is 8.01. The van der Waals surface area contributed by atoms with Gasteiger partial charge >= 0.3 is 0 Å². The molecule has 5 atom stereocenters. The first kappa shape index (κ1) is 10.9. The molecule has 1 aliphatic heterocycles. The summed E-state index contributed by atoms with van der Waals surface area (Å²) in [6.45, 7) is 1.67. The number of ether oxygens (including phenoxy) is 3. The predicted octanol–water partition coefficient (Wildman–Crippen LogP) is -0.886. The summed E-state index contributed by atoms with van der Waals surface area (Å²) in [5, 5.41) is 19.0. The van der Waals surface area contributed by atoms with Crippen LogP contribution in [-0.2, 0) is 14.2 Å². The van der Waals surface area contributed by atoms with Crippen molar-refractivity contribution in [3.05, 3.63) is 0 Å². The zero-order valence-electron chi connectivity index (χ0n) is 8.01. The summed E-state index contributed by atoms with van der Waals surface area (Å²) in [4.78, 5) is 0. The van der Waals surface area contributed by atoms with Crippen LogP contribution in [0.3, 0.4) is 0 Å². The first-order chi connectivity index (χ1) is 6.11. The Morgan fingerprint density at radius 2 is 1.62 bits per heavy atom. The molecule has 0 aromatic rings. The Morgan fingerprint density at radius 1 is 1.08 bits per heavy atom. The lowest BCUT2D eigenvalue weighted by molar-refractivity contribution is -0.287. The van der Waals surface area contributed by atoms with E-state index in [9.17, 15) is 10.2 Å². The Hall–Kier alpha value is -0.200. The largest absolute Gasteiger partial charge is 0.388 e. The second kappa shape index (κ2) is 4.34. The van der Waals surface area contributed by atoms with Gasteiger partial charge in [-0.05, 0) is 6.92 Å². The normalized spacial score (nSPS) is 46.4. The van der Waals surface area contributed by atoms with Crippen molar-refractivity contribution in [3.8, 4) is 0 Å². The van der Waals surface area contributed by atoms with Crippen molar-refractivity contribution in [3.63, 3.8) is 0 Å². The second-order valence-electron chi connectivity index (χ2n) is 3.12. The van der Waals surface area contributed by atoms with Crippen LogP contribution in [0.1, 0.15) is 6.92 Å². The molecule has 5 nitrogen and oxygen atoms in total. The van der Waals surface area contributed by atoms with Crippen LogP contribution in [0.25, 0.3) is 0 Å². The molecule has 1 fully saturated rings. The molecule has 0 aromatic carbocycles. The third-order valence-corrected chi connectivity index (χ3v) is 2.32. The Bertz CT molecular complexity index is 163. The molecule has 1 rings (SSSR count). The maximum Gasteiger partial charge on any atom is 0.184 e. The van der Waals surface area contributed by atoms with Crippen molar-refractivity contribution in [1.82, 2.24) is 0 Å². The molecule has 0 radical (unpaired) electrons. The summed E-state index contributed by atoms with van der Waals surface area (Å²) >= 11 is 0. The van der Waals surface area contributed by atoms with Crippen LogP contribution >= 0.6 is 0 Å². The highest BCUT2D eigenvalue weighted by Crippen LogP contribution is 2.23. The molecule has 0 amide bonds. The smallest absolute Gasteiger partial charge is 0.184 e. The number of hydrogen-bond donors (Lipinski definition) is 2. The van der Waals surface area contributed by atoms with Crippen LogP contribution in [0.5, 0.6) is 0 Å². The van der Waals surface area contributed by atoms with E-state index < -0.39 is 30.7 Å². The van der Waals surface area contributed by atoms with Crippen LogP contribution in [0.2, 0.25) is 0 Å². The molecule has 13 heavy (non-hydrogen) atoms. The highest BCUT2D eigenvalue weighted by Gasteiger charge is 2.43. The highest BCUT2D eigenvalue weighted by atomic mass is 16.7. The molecule has 3 unspecified atom stereocenters. The third-order valence-electron chi connectivity index (χ3n) is 2.32. The lowest BCUT2D eigenvalue weighted by atomic mass is 10.00. The van der Waals surface area contributed by atoms with E-state index in [1.54, 1.807) is 6.92 Å². The van der Waals surface area contributed by atoms with E-state index in [0.29, 0.717) is 0 Å². The van der Waals surface area contributed by atoms with Gasteiger partial charge in [-0.15, -0.1) is 0 Å².